The summed E-state index contributed by atoms with van der Waals surface area (Å²) < 4.78 is 0. The van der Waals surface area contributed by atoms with Crippen molar-refractivity contribution in [3.8, 4) is 0 Å². The van der Waals surface area contributed by atoms with Gasteiger partial charge in [0.05, 0.1) is 18.9 Å². The molecule has 25 nitrogen and oxygen atoms in total. The zero-order valence-electron chi connectivity index (χ0n) is 41.9. The van der Waals surface area contributed by atoms with E-state index in [0.29, 0.717) is 11.1 Å². The molecule has 7 amide bonds. The van der Waals surface area contributed by atoms with Crippen LogP contribution in [0.25, 0.3) is 10.9 Å². The summed E-state index contributed by atoms with van der Waals surface area (Å²) in [7, 11) is 0. The number of carboxylic acid groups (broad SMARTS) is 1. The van der Waals surface area contributed by atoms with Crippen LogP contribution in [0.3, 0.4) is 0 Å². The van der Waals surface area contributed by atoms with Crippen molar-refractivity contribution in [2.24, 2.45) is 50.5 Å². The molecule has 1 aromatic heterocycles. The highest BCUT2D eigenvalue weighted by Crippen LogP contribution is 2.26. The maximum absolute atomic E-state index is 14.7. The Morgan fingerprint density at radius 3 is 2.05 bits per heavy atom. The highest BCUT2D eigenvalue weighted by molar-refractivity contribution is 6.00. The molecule has 1 saturated heterocycles. The number of aliphatic imine (C=N–C) groups is 2. The van der Waals surface area contributed by atoms with Crippen molar-refractivity contribution in [2.75, 3.05) is 19.6 Å². The number of rotatable bonds is 18. The van der Waals surface area contributed by atoms with Gasteiger partial charge in [-0.15, -0.1) is 0 Å². The number of ketones is 2. The second-order valence-electron chi connectivity index (χ2n) is 18.4. The van der Waals surface area contributed by atoms with Crippen LogP contribution in [-0.2, 0) is 60.8 Å². The highest BCUT2D eigenvalue weighted by atomic mass is 16.4. The number of nitrogens with two attached hydrogens (primary N) is 5. The van der Waals surface area contributed by atoms with Crippen molar-refractivity contribution in [2.45, 2.75) is 121 Å². The third-order valence-electron chi connectivity index (χ3n) is 12.4. The third kappa shape index (κ3) is 20.6. The van der Waals surface area contributed by atoms with E-state index < -0.39 is 127 Å². The fraction of sp³-hybridized carbons (Fsp3) is 0.480. The number of carbonyl (C=O) groups excluding carboxylic acids is 9. The number of amides is 7. The van der Waals surface area contributed by atoms with E-state index in [-0.39, 0.29) is 89.3 Å². The van der Waals surface area contributed by atoms with Crippen molar-refractivity contribution in [3.63, 3.8) is 0 Å². The van der Waals surface area contributed by atoms with E-state index in [0.717, 1.165) is 17.8 Å². The third-order valence-corrected chi connectivity index (χ3v) is 12.4. The van der Waals surface area contributed by atoms with E-state index in [9.17, 15) is 53.1 Å². The molecular formula is C50H70N14O11. The molecule has 0 aliphatic carbocycles. The molecule has 25 heteroatoms. The molecule has 1 aliphatic heterocycles. The molecule has 7 atom stereocenters. The molecule has 0 unspecified atom stereocenters. The molecule has 0 bridgehead atoms. The number of nitrogens with one attached hydrogen (secondary N) is 7. The SMILES string of the molecule is CC(=O)N[C@@H](CCCN=C(N)N)C(=O)N[C@H]1CC(=O)NCCCC[C@@H](C(N)=O)NC(=O)[C@H](Cc2c[nH]c3ccccc23)CC(=O)[C@H](CCCN=C(N)N)CC(=O)[C@@H](Cc2ccccc2)NC(=O)[C@@H](CC(=O)O)NC1=O. The summed E-state index contributed by atoms with van der Waals surface area (Å²) in [6.07, 6.45) is -0.125. The second kappa shape index (κ2) is 30.0. The first-order valence-corrected chi connectivity index (χ1v) is 24.7. The summed E-state index contributed by atoms with van der Waals surface area (Å²) in [5.41, 5.74) is 29.8. The van der Waals surface area contributed by atoms with Gasteiger partial charge in [-0.2, -0.15) is 0 Å². The monoisotopic (exact) mass is 1040 g/mol. The van der Waals surface area contributed by atoms with Gasteiger partial charge in [0.2, 0.25) is 41.4 Å². The van der Waals surface area contributed by atoms with Crippen LogP contribution in [0.4, 0.5) is 0 Å². The molecule has 3 aromatic rings. The van der Waals surface area contributed by atoms with Gasteiger partial charge in [0.1, 0.15) is 30.0 Å². The number of guanidine groups is 2. The predicted octanol–water partition coefficient (Wildman–Crippen LogP) is -1.69. The van der Waals surface area contributed by atoms with Gasteiger partial charge in [0.15, 0.2) is 17.7 Å². The normalized spacial score (nSPS) is 21.2. The molecule has 0 radical (unpaired) electrons. The molecule has 2 aromatic carbocycles. The van der Waals surface area contributed by atoms with E-state index in [1.807, 2.05) is 24.3 Å². The lowest BCUT2D eigenvalue weighted by atomic mass is 9.83. The Balaban J connectivity index is 1.78. The lowest BCUT2D eigenvalue weighted by Gasteiger charge is -2.26. The van der Waals surface area contributed by atoms with E-state index in [1.54, 1.807) is 36.5 Å². The van der Waals surface area contributed by atoms with Gasteiger partial charge in [0.25, 0.3) is 0 Å². The zero-order valence-corrected chi connectivity index (χ0v) is 41.9. The first kappa shape index (κ1) is 59.2. The number of hydrogen-bond acceptors (Lipinski definition) is 12. The number of fused-ring (bicyclic) bond motifs is 1. The van der Waals surface area contributed by atoms with E-state index in [1.165, 1.54) is 0 Å². The number of para-hydroxylation sites is 1. The van der Waals surface area contributed by atoms with Crippen LogP contribution < -0.4 is 60.6 Å². The van der Waals surface area contributed by atoms with Crippen molar-refractivity contribution >= 4 is 81.7 Å². The van der Waals surface area contributed by atoms with Crippen LogP contribution in [0.2, 0.25) is 0 Å². The number of carbonyl (C=O) groups is 10. The predicted molar refractivity (Wildman–Crippen MR) is 276 cm³/mol. The lowest BCUT2D eigenvalue weighted by molar-refractivity contribution is -0.142. The number of benzene rings is 2. The molecule has 18 N–H and O–H groups in total. The summed E-state index contributed by atoms with van der Waals surface area (Å²) >= 11 is 0. The number of H-pyrrole nitrogens is 1. The number of carboxylic acids is 1. The molecule has 0 saturated carbocycles. The molecule has 0 spiro atoms. The summed E-state index contributed by atoms with van der Waals surface area (Å²) in [5.74, 6) is -11.4. The Kier molecular flexibility index (Phi) is 23.6. The minimum atomic E-state index is -1.89. The van der Waals surface area contributed by atoms with Gasteiger partial charge in [-0.25, -0.2) is 0 Å². The van der Waals surface area contributed by atoms with Crippen LogP contribution in [0.5, 0.6) is 0 Å². The Bertz CT molecular complexity index is 2560. The Morgan fingerprint density at radius 2 is 1.39 bits per heavy atom. The zero-order chi connectivity index (χ0) is 55.0. The summed E-state index contributed by atoms with van der Waals surface area (Å²) in [5, 5.41) is 26.0. The average Bonchev–Trinajstić information content (AvgIpc) is 3.76. The average molecular weight is 1040 g/mol. The number of nitrogens with zero attached hydrogens (tertiary/aromatic N) is 2. The van der Waals surface area contributed by atoms with Crippen molar-refractivity contribution < 1.29 is 53.1 Å². The molecule has 75 heavy (non-hydrogen) atoms. The molecule has 2 heterocycles. The first-order valence-electron chi connectivity index (χ1n) is 24.7. The maximum Gasteiger partial charge on any atom is 0.305 e. The second-order valence-corrected chi connectivity index (χ2v) is 18.4. The fourth-order valence-electron chi connectivity index (χ4n) is 8.60. The van der Waals surface area contributed by atoms with E-state index >= 15 is 0 Å². The van der Waals surface area contributed by atoms with Crippen LogP contribution in [-0.4, -0.2) is 131 Å². The molecular weight excluding hydrogens is 973 g/mol. The van der Waals surface area contributed by atoms with Crippen LogP contribution in [0.15, 0.2) is 70.8 Å². The summed E-state index contributed by atoms with van der Waals surface area (Å²) in [6, 6.07) is 8.26. The number of Topliss-reactive ketones (excluding diaryl/α,β-unsaturated/α-hetero) is 2. The molecule has 4 rings (SSSR count). The Hall–Kier alpha value is -8.38. The van der Waals surface area contributed by atoms with Crippen molar-refractivity contribution in [1.29, 1.82) is 0 Å². The first-order chi connectivity index (χ1) is 35.7. The minimum absolute atomic E-state index is 0.0240. The molecule has 406 valence electrons. The largest absolute Gasteiger partial charge is 0.481 e. The Labute approximate surface area is 433 Å². The van der Waals surface area contributed by atoms with Crippen LogP contribution >= 0.6 is 0 Å². The maximum atomic E-state index is 14.7. The lowest BCUT2D eigenvalue weighted by Crippen LogP contribution is -2.59. The number of aliphatic carboxylic acids is 1. The van der Waals surface area contributed by atoms with Crippen molar-refractivity contribution in [3.05, 3.63) is 71.9 Å². The van der Waals surface area contributed by atoms with Gasteiger partial charge in [-0.05, 0) is 75.0 Å². The smallest absolute Gasteiger partial charge is 0.305 e. The molecule has 1 fully saturated rings. The van der Waals surface area contributed by atoms with Gasteiger partial charge in [0, 0.05) is 68.3 Å². The quantitative estimate of drug-likeness (QED) is 0.0384. The van der Waals surface area contributed by atoms with Gasteiger partial charge in [-0.1, -0.05) is 48.5 Å². The van der Waals surface area contributed by atoms with Crippen molar-refractivity contribution in [1.82, 2.24) is 36.9 Å². The van der Waals surface area contributed by atoms with E-state index in [4.69, 9.17) is 28.7 Å². The number of aromatic nitrogens is 1. The fourth-order valence-corrected chi connectivity index (χ4v) is 8.60. The van der Waals surface area contributed by atoms with Crippen LogP contribution in [0, 0.1) is 11.8 Å². The number of hydrogen-bond donors (Lipinski definition) is 13. The minimum Gasteiger partial charge on any atom is -0.481 e. The summed E-state index contributed by atoms with van der Waals surface area (Å²) in [6.45, 7) is 1.29. The highest BCUT2D eigenvalue weighted by Gasteiger charge is 2.36. The summed E-state index contributed by atoms with van der Waals surface area (Å²) in [4.78, 5) is 148. The van der Waals surface area contributed by atoms with Crippen LogP contribution in [0.1, 0.15) is 88.7 Å². The number of primary amides is 1. The number of aromatic amines is 1. The van der Waals surface area contributed by atoms with Gasteiger partial charge in [-0.3, -0.25) is 57.9 Å². The topological polar surface area (TPSA) is 434 Å². The standard InChI is InChI=1S/C50H70N14O11/c1-28(65)60-36(17-10-20-58-50(54)55)46(73)63-38-25-42(68)56-18-8-7-16-35(44(51)71)61-45(72)31(22-32-27-59-34-15-6-5-14-33(32)34)24-40(66)30(13-9-19-57-49(52)53)23-41(67)37(21-29-11-3-2-4-12-29)62-48(75)39(26-43(69)70)64-47(38)74/h2-6,11-12,14-15,27,30-31,35-39,59H,7-10,13,16-26H2,1H3,(H2,51,71)(H,56,68)(H,60,65)(H,61,72)(H,62,75)(H,63,73)(H,64,74)(H,69,70)(H4,52,53,57)(H4,54,55,58)/t30-,31-,35+,36+,37-,38+,39-/m1/s1. The van der Waals surface area contributed by atoms with Gasteiger partial charge >= 0.3 is 5.97 Å². The van der Waals surface area contributed by atoms with E-state index in [2.05, 4.69) is 46.9 Å². The van der Waals surface area contributed by atoms with Gasteiger partial charge < -0.3 is 70.7 Å². The Morgan fingerprint density at radius 1 is 0.733 bits per heavy atom. The molecule has 1 aliphatic rings.